The van der Waals surface area contributed by atoms with Crippen molar-refractivity contribution in [2.45, 2.75) is 38.4 Å². The Morgan fingerprint density at radius 3 is 2.89 bits per heavy atom. The molecule has 0 spiro atoms. The third kappa shape index (κ3) is 2.60. The van der Waals surface area contributed by atoms with Crippen LogP contribution in [0.5, 0.6) is 0 Å². The van der Waals surface area contributed by atoms with Crippen LogP contribution in [0.1, 0.15) is 32.4 Å². The molecular weight excluding hydrogens is 244 g/mol. The highest BCUT2D eigenvalue weighted by atomic mass is 32.2. The predicted octanol–water partition coefficient (Wildman–Crippen LogP) is 2.29. The molecule has 2 N–H and O–H groups in total. The first-order valence-electron chi connectivity index (χ1n) is 6.85. The Kier molecular flexibility index (Phi) is 4.43. The molecule has 0 radical (unpaired) electrons. The van der Waals surface area contributed by atoms with Crippen molar-refractivity contribution in [3.05, 3.63) is 5.69 Å². The summed E-state index contributed by atoms with van der Waals surface area (Å²) >= 11 is 2.08. The molecule has 2 rings (SSSR count). The third-order valence-electron chi connectivity index (χ3n) is 3.51. The van der Waals surface area contributed by atoms with E-state index in [1.165, 1.54) is 12.2 Å². The molecule has 1 unspecified atom stereocenters. The lowest BCUT2D eigenvalue weighted by atomic mass is 10.2. The van der Waals surface area contributed by atoms with Crippen LogP contribution in [-0.4, -0.2) is 33.9 Å². The van der Waals surface area contributed by atoms with Gasteiger partial charge in [0, 0.05) is 31.1 Å². The van der Waals surface area contributed by atoms with Gasteiger partial charge < -0.3 is 10.6 Å². The number of hydrogen-bond acceptors (Lipinski definition) is 4. The highest BCUT2D eigenvalue weighted by Crippen LogP contribution is 2.31. The van der Waals surface area contributed by atoms with Gasteiger partial charge in [0.15, 0.2) is 0 Å². The van der Waals surface area contributed by atoms with Crippen LogP contribution in [0.15, 0.2) is 0 Å². The Labute approximate surface area is 114 Å². The molecule has 0 aromatic carbocycles. The van der Waals surface area contributed by atoms with Crippen molar-refractivity contribution >= 4 is 23.3 Å². The van der Waals surface area contributed by atoms with Gasteiger partial charge in [0.05, 0.1) is 11.4 Å². The average Bonchev–Trinajstić information content (AvgIpc) is 2.65. The molecule has 1 atom stereocenters. The molecule has 1 fully saturated rings. The van der Waals surface area contributed by atoms with Gasteiger partial charge in [-0.3, -0.25) is 4.68 Å². The lowest BCUT2D eigenvalue weighted by molar-refractivity contribution is 0.670. The molecule has 2 heterocycles. The van der Waals surface area contributed by atoms with Gasteiger partial charge in [0.1, 0.15) is 5.82 Å². The van der Waals surface area contributed by atoms with Crippen molar-refractivity contribution in [2.24, 2.45) is 7.05 Å². The minimum absolute atomic E-state index is 0.725. The molecule has 0 bridgehead atoms. The quantitative estimate of drug-likeness (QED) is 0.910. The van der Waals surface area contributed by atoms with Gasteiger partial charge in [-0.1, -0.05) is 20.3 Å². The maximum atomic E-state index is 6.28. The summed E-state index contributed by atoms with van der Waals surface area (Å²) in [6.45, 7) is 6.60. The normalized spacial score (nSPS) is 20.4. The summed E-state index contributed by atoms with van der Waals surface area (Å²) in [6, 6.07) is 0. The fourth-order valence-electron chi connectivity index (χ4n) is 2.54. The number of nitrogen functional groups attached to an aromatic ring is 1. The van der Waals surface area contributed by atoms with Crippen molar-refractivity contribution < 1.29 is 0 Å². The molecule has 1 aliphatic heterocycles. The predicted molar refractivity (Wildman–Crippen MR) is 80.4 cm³/mol. The van der Waals surface area contributed by atoms with Gasteiger partial charge in [0.25, 0.3) is 0 Å². The fraction of sp³-hybridized carbons (Fsp3) is 0.769. The minimum atomic E-state index is 0.725. The summed E-state index contributed by atoms with van der Waals surface area (Å²) in [5, 5.41) is 5.29. The Balaban J connectivity index is 2.21. The molecule has 5 heteroatoms. The minimum Gasteiger partial charge on any atom is -0.394 e. The van der Waals surface area contributed by atoms with Crippen LogP contribution in [0, 0.1) is 0 Å². The summed E-state index contributed by atoms with van der Waals surface area (Å²) in [5.41, 5.74) is 8.22. The van der Waals surface area contributed by atoms with Gasteiger partial charge in [-0.05, 0) is 12.8 Å². The maximum absolute atomic E-state index is 6.28. The van der Waals surface area contributed by atoms with Crippen molar-refractivity contribution in [1.82, 2.24) is 9.78 Å². The summed E-state index contributed by atoms with van der Waals surface area (Å²) in [4.78, 5) is 2.41. The first-order valence-corrected chi connectivity index (χ1v) is 7.90. The van der Waals surface area contributed by atoms with E-state index in [-0.39, 0.29) is 0 Å². The molecule has 0 amide bonds. The number of nitrogens with zero attached hydrogens (tertiary/aromatic N) is 3. The second-order valence-corrected chi connectivity index (χ2v) is 6.31. The van der Waals surface area contributed by atoms with E-state index in [1.54, 1.807) is 0 Å². The number of nitrogens with two attached hydrogens (primary N) is 1. The van der Waals surface area contributed by atoms with Crippen LogP contribution in [0.3, 0.4) is 0 Å². The largest absolute Gasteiger partial charge is 0.394 e. The zero-order valence-electron chi connectivity index (χ0n) is 11.6. The second-order valence-electron chi connectivity index (χ2n) is 4.90. The second kappa shape index (κ2) is 5.87. The SMILES string of the molecule is CCCc1nn(C)c(N2CCSC(CC)C2)c1N. The van der Waals surface area contributed by atoms with E-state index in [0.717, 1.165) is 48.4 Å². The molecular formula is C13H24N4S. The van der Waals surface area contributed by atoms with E-state index in [2.05, 4.69) is 35.6 Å². The molecule has 18 heavy (non-hydrogen) atoms. The molecule has 0 aliphatic carbocycles. The molecule has 0 saturated carbocycles. The monoisotopic (exact) mass is 268 g/mol. The highest BCUT2D eigenvalue weighted by Gasteiger charge is 2.24. The van der Waals surface area contributed by atoms with Gasteiger partial charge in [-0.2, -0.15) is 16.9 Å². The average molecular weight is 268 g/mol. The van der Waals surface area contributed by atoms with Crippen LogP contribution in [0.4, 0.5) is 11.5 Å². The summed E-state index contributed by atoms with van der Waals surface area (Å²) in [5.74, 6) is 2.31. The fourth-order valence-corrected chi connectivity index (χ4v) is 3.72. The highest BCUT2D eigenvalue weighted by molar-refractivity contribution is 8.00. The Morgan fingerprint density at radius 2 is 2.22 bits per heavy atom. The van der Waals surface area contributed by atoms with Crippen LogP contribution >= 0.6 is 11.8 Å². The van der Waals surface area contributed by atoms with Crippen LogP contribution in [0.25, 0.3) is 0 Å². The Hall–Kier alpha value is -0.840. The first-order chi connectivity index (χ1) is 8.67. The number of aryl methyl sites for hydroxylation is 2. The van der Waals surface area contributed by atoms with Crippen LogP contribution in [-0.2, 0) is 13.5 Å². The molecule has 1 saturated heterocycles. The van der Waals surface area contributed by atoms with E-state index in [4.69, 9.17) is 5.73 Å². The number of anilines is 2. The van der Waals surface area contributed by atoms with E-state index >= 15 is 0 Å². The van der Waals surface area contributed by atoms with Gasteiger partial charge in [0.2, 0.25) is 0 Å². The third-order valence-corrected chi connectivity index (χ3v) is 4.88. The van der Waals surface area contributed by atoms with E-state index in [0.29, 0.717) is 0 Å². The zero-order chi connectivity index (χ0) is 13.1. The maximum Gasteiger partial charge on any atom is 0.150 e. The Bertz CT molecular complexity index is 402. The van der Waals surface area contributed by atoms with Crippen molar-refractivity contribution in [2.75, 3.05) is 29.5 Å². The number of thioether (sulfide) groups is 1. The zero-order valence-corrected chi connectivity index (χ0v) is 12.5. The molecule has 102 valence electrons. The van der Waals surface area contributed by atoms with Crippen molar-refractivity contribution in [3.63, 3.8) is 0 Å². The smallest absolute Gasteiger partial charge is 0.150 e. The standard InChI is InChI=1S/C13H24N4S/c1-4-6-11-12(14)13(16(3)15-11)17-7-8-18-10(5-2)9-17/h10H,4-9,14H2,1-3H3. The lowest BCUT2D eigenvalue weighted by Crippen LogP contribution is -2.39. The summed E-state index contributed by atoms with van der Waals surface area (Å²) in [6.07, 6.45) is 3.29. The number of hydrogen-bond donors (Lipinski definition) is 1. The molecule has 1 aliphatic rings. The van der Waals surface area contributed by atoms with E-state index in [1.807, 2.05) is 11.7 Å². The summed E-state index contributed by atoms with van der Waals surface area (Å²) < 4.78 is 1.96. The van der Waals surface area contributed by atoms with E-state index in [9.17, 15) is 0 Å². The summed E-state index contributed by atoms with van der Waals surface area (Å²) in [7, 11) is 2.01. The van der Waals surface area contributed by atoms with Crippen molar-refractivity contribution in [3.8, 4) is 0 Å². The van der Waals surface area contributed by atoms with Gasteiger partial charge in [-0.15, -0.1) is 0 Å². The molecule has 1 aromatic rings. The number of rotatable bonds is 4. The van der Waals surface area contributed by atoms with Gasteiger partial charge in [-0.25, -0.2) is 0 Å². The van der Waals surface area contributed by atoms with Crippen LogP contribution < -0.4 is 10.6 Å². The van der Waals surface area contributed by atoms with Crippen LogP contribution in [0.2, 0.25) is 0 Å². The number of aromatic nitrogens is 2. The lowest BCUT2D eigenvalue weighted by Gasteiger charge is -2.33. The van der Waals surface area contributed by atoms with Gasteiger partial charge >= 0.3 is 0 Å². The Morgan fingerprint density at radius 1 is 1.44 bits per heavy atom. The van der Waals surface area contributed by atoms with E-state index < -0.39 is 0 Å². The van der Waals surface area contributed by atoms with Crippen molar-refractivity contribution in [1.29, 1.82) is 0 Å². The topological polar surface area (TPSA) is 47.1 Å². The molecule has 4 nitrogen and oxygen atoms in total. The first kappa shape index (κ1) is 13.6. The molecule has 1 aromatic heterocycles.